The number of nitrogens with zero attached hydrogens (tertiary/aromatic N) is 2. The van der Waals surface area contributed by atoms with Crippen LogP contribution in [0.15, 0.2) is 42.7 Å². The van der Waals surface area contributed by atoms with Crippen molar-refractivity contribution < 1.29 is 9.84 Å². The van der Waals surface area contributed by atoms with E-state index in [1.807, 2.05) is 24.3 Å². The lowest BCUT2D eigenvalue weighted by Crippen LogP contribution is -2.36. The molecule has 1 saturated heterocycles. The van der Waals surface area contributed by atoms with E-state index in [4.69, 9.17) is 4.74 Å². The van der Waals surface area contributed by atoms with Gasteiger partial charge < -0.3 is 15.2 Å². The Morgan fingerprint density at radius 3 is 2.75 bits per heavy atom. The Balaban J connectivity index is 1.78. The Hall–Kier alpha value is -1.82. The average molecular weight is 271 g/mol. The molecule has 0 radical (unpaired) electrons. The molecule has 1 aromatic heterocycles. The molecule has 2 unspecified atom stereocenters. The van der Waals surface area contributed by atoms with Crippen molar-refractivity contribution in [3.63, 3.8) is 0 Å². The van der Waals surface area contributed by atoms with Crippen LogP contribution in [0, 0.1) is 0 Å². The lowest BCUT2D eigenvalue weighted by Gasteiger charge is -2.30. The van der Waals surface area contributed by atoms with E-state index >= 15 is 0 Å². The molecule has 0 spiro atoms. The second kappa shape index (κ2) is 6.09. The number of ether oxygens (including phenoxy) is 1. The molecule has 2 aromatic rings. The van der Waals surface area contributed by atoms with Crippen LogP contribution in [0.4, 0.5) is 0 Å². The minimum atomic E-state index is -0.146. The lowest BCUT2D eigenvalue weighted by atomic mass is 10.0. The summed E-state index contributed by atoms with van der Waals surface area (Å²) in [6.07, 6.45) is 3.25. The number of aliphatic hydroxyl groups is 1. The molecule has 0 amide bonds. The highest BCUT2D eigenvalue weighted by molar-refractivity contribution is 5.25. The van der Waals surface area contributed by atoms with Gasteiger partial charge >= 0.3 is 0 Å². The zero-order valence-electron chi connectivity index (χ0n) is 11.1. The monoisotopic (exact) mass is 271 g/mol. The van der Waals surface area contributed by atoms with Crippen LogP contribution in [0.25, 0.3) is 0 Å². The zero-order valence-corrected chi connectivity index (χ0v) is 11.1. The van der Waals surface area contributed by atoms with Crippen LogP contribution < -0.4 is 5.32 Å². The van der Waals surface area contributed by atoms with Crippen LogP contribution in [-0.4, -0.2) is 28.2 Å². The van der Waals surface area contributed by atoms with E-state index < -0.39 is 0 Å². The van der Waals surface area contributed by atoms with Crippen molar-refractivity contribution in [2.45, 2.75) is 18.8 Å². The summed E-state index contributed by atoms with van der Waals surface area (Å²) in [4.78, 5) is 8.50. The van der Waals surface area contributed by atoms with Crippen molar-refractivity contribution in [1.29, 1.82) is 0 Å². The standard InChI is InChI=1S/C15H17N3O2/c19-10-11-3-1-4-12(7-11)13-8-16-9-14(20-13)15-17-5-2-6-18-15/h1-7,13-14,16,19H,8-10H2. The molecule has 20 heavy (non-hydrogen) atoms. The van der Waals surface area contributed by atoms with Crippen LogP contribution in [-0.2, 0) is 11.3 Å². The third-order valence-corrected chi connectivity index (χ3v) is 3.37. The minimum Gasteiger partial charge on any atom is -0.392 e. The first kappa shape index (κ1) is 13.2. The topological polar surface area (TPSA) is 67.3 Å². The Kier molecular flexibility index (Phi) is 4.01. The van der Waals surface area contributed by atoms with Crippen molar-refractivity contribution in [1.82, 2.24) is 15.3 Å². The van der Waals surface area contributed by atoms with Crippen molar-refractivity contribution in [2.75, 3.05) is 13.1 Å². The van der Waals surface area contributed by atoms with Gasteiger partial charge in [-0.3, -0.25) is 0 Å². The van der Waals surface area contributed by atoms with Crippen LogP contribution in [0.5, 0.6) is 0 Å². The van der Waals surface area contributed by atoms with E-state index in [1.165, 1.54) is 0 Å². The molecule has 5 nitrogen and oxygen atoms in total. The fourth-order valence-corrected chi connectivity index (χ4v) is 2.36. The molecule has 1 fully saturated rings. The summed E-state index contributed by atoms with van der Waals surface area (Å²) in [5, 5.41) is 12.6. The predicted octanol–water partition coefficient (Wildman–Crippen LogP) is 1.37. The SMILES string of the molecule is OCc1cccc(C2CNCC(c3ncccn3)O2)c1. The lowest BCUT2D eigenvalue weighted by molar-refractivity contribution is -0.0449. The van der Waals surface area contributed by atoms with Gasteiger partial charge in [-0.15, -0.1) is 0 Å². The fourth-order valence-electron chi connectivity index (χ4n) is 2.36. The highest BCUT2D eigenvalue weighted by Gasteiger charge is 2.26. The summed E-state index contributed by atoms with van der Waals surface area (Å²) >= 11 is 0. The van der Waals surface area contributed by atoms with Crippen molar-refractivity contribution in [3.05, 3.63) is 59.7 Å². The molecule has 2 heterocycles. The number of rotatable bonds is 3. The normalized spacial score (nSPS) is 22.6. The van der Waals surface area contributed by atoms with Gasteiger partial charge in [0.2, 0.25) is 0 Å². The predicted molar refractivity (Wildman–Crippen MR) is 73.8 cm³/mol. The van der Waals surface area contributed by atoms with Crippen LogP contribution in [0.3, 0.4) is 0 Å². The minimum absolute atomic E-state index is 0.0409. The number of hydrogen-bond donors (Lipinski definition) is 2. The summed E-state index contributed by atoms with van der Waals surface area (Å²) in [6.45, 7) is 1.50. The zero-order chi connectivity index (χ0) is 13.8. The Labute approximate surface area is 117 Å². The van der Waals surface area contributed by atoms with Gasteiger partial charge in [0.1, 0.15) is 6.10 Å². The molecule has 0 saturated carbocycles. The molecule has 2 N–H and O–H groups in total. The Morgan fingerprint density at radius 2 is 1.95 bits per heavy atom. The van der Waals surface area contributed by atoms with E-state index in [-0.39, 0.29) is 18.8 Å². The number of nitrogens with one attached hydrogen (secondary N) is 1. The summed E-state index contributed by atoms with van der Waals surface area (Å²) in [5.41, 5.74) is 1.95. The number of morpholine rings is 1. The first-order valence-corrected chi connectivity index (χ1v) is 6.69. The molecular formula is C15H17N3O2. The van der Waals surface area contributed by atoms with Gasteiger partial charge in [-0.05, 0) is 17.2 Å². The molecule has 104 valence electrons. The molecule has 1 aliphatic rings. The van der Waals surface area contributed by atoms with Crippen LogP contribution >= 0.6 is 0 Å². The first-order valence-electron chi connectivity index (χ1n) is 6.69. The summed E-state index contributed by atoms with van der Waals surface area (Å²) in [5.74, 6) is 0.697. The van der Waals surface area contributed by atoms with Gasteiger partial charge in [0.05, 0.1) is 12.7 Å². The van der Waals surface area contributed by atoms with E-state index in [0.29, 0.717) is 12.4 Å². The van der Waals surface area contributed by atoms with Crippen LogP contribution in [0.2, 0.25) is 0 Å². The van der Waals surface area contributed by atoms with E-state index in [0.717, 1.165) is 17.7 Å². The summed E-state index contributed by atoms with van der Waals surface area (Å²) in [6, 6.07) is 9.62. The van der Waals surface area contributed by atoms with Crippen molar-refractivity contribution in [3.8, 4) is 0 Å². The maximum atomic E-state index is 9.21. The van der Waals surface area contributed by atoms with Gasteiger partial charge in [0.25, 0.3) is 0 Å². The Morgan fingerprint density at radius 1 is 1.15 bits per heavy atom. The smallest absolute Gasteiger partial charge is 0.158 e. The van der Waals surface area contributed by atoms with Crippen molar-refractivity contribution >= 4 is 0 Å². The van der Waals surface area contributed by atoms with Gasteiger partial charge in [-0.1, -0.05) is 24.3 Å². The molecule has 1 aromatic carbocycles. The quantitative estimate of drug-likeness (QED) is 0.882. The van der Waals surface area contributed by atoms with Gasteiger partial charge in [-0.2, -0.15) is 0 Å². The summed E-state index contributed by atoms with van der Waals surface area (Å²) < 4.78 is 6.09. The fraction of sp³-hybridized carbons (Fsp3) is 0.333. The molecule has 3 rings (SSSR count). The average Bonchev–Trinajstić information content (AvgIpc) is 2.56. The molecule has 0 bridgehead atoms. The van der Waals surface area contributed by atoms with E-state index in [1.54, 1.807) is 18.5 Å². The number of hydrogen-bond acceptors (Lipinski definition) is 5. The molecule has 2 atom stereocenters. The van der Waals surface area contributed by atoms with Crippen LogP contribution in [0.1, 0.15) is 29.2 Å². The third kappa shape index (κ3) is 2.85. The molecule has 1 aliphatic heterocycles. The molecule has 0 aliphatic carbocycles. The largest absolute Gasteiger partial charge is 0.392 e. The van der Waals surface area contributed by atoms with Gasteiger partial charge in [0, 0.05) is 25.5 Å². The maximum Gasteiger partial charge on any atom is 0.158 e. The van der Waals surface area contributed by atoms with Gasteiger partial charge in [-0.25, -0.2) is 9.97 Å². The summed E-state index contributed by atoms with van der Waals surface area (Å²) in [7, 11) is 0. The maximum absolute atomic E-state index is 9.21. The number of aromatic nitrogens is 2. The number of benzene rings is 1. The van der Waals surface area contributed by atoms with Gasteiger partial charge in [0.15, 0.2) is 5.82 Å². The highest BCUT2D eigenvalue weighted by atomic mass is 16.5. The van der Waals surface area contributed by atoms with E-state index in [2.05, 4.69) is 15.3 Å². The van der Waals surface area contributed by atoms with E-state index in [9.17, 15) is 5.11 Å². The molecule has 5 heteroatoms. The molecular weight excluding hydrogens is 254 g/mol. The first-order chi connectivity index (χ1) is 9.86. The highest BCUT2D eigenvalue weighted by Crippen LogP contribution is 2.28. The van der Waals surface area contributed by atoms with Crippen molar-refractivity contribution in [2.24, 2.45) is 0 Å². The third-order valence-electron chi connectivity index (χ3n) is 3.37. The second-order valence-electron chi connectivity index (χ2n) is 4.78. The Bertz CT molecular complexity index is 562. The number of aliphatic hydroxyl groups excluding tert-OH is 1. The second-order valence-corrected chi connectivity index (χ2v) is 4.78.